The molecule has 0 aliphatic carbocycles. The van der Waals surface area contributed by atoms with Crippen molar-refractivity contribution in [1.82, 2.24) is 4.31 Å². The molecule has 6 rings (SSSR count). The minimum Gasteiger partial charge on any atom is -0.463 e. The van der Waals surface area contributed by atoms with Crippen LogP contribution in [0.4, 0.5) is 0 Å². The summed E-state index contributed by atoms with van der Waals surface area (Å²) in [4.78, 5) is 13.1. The van der Waals surface area contributed by atoms with Crippen molar-refractivity contribution in [3.63, 3.8) is 0 Å². The molecule has 0 aromatic heterocycles. The van der Waals surface area contributed by atoms with Gasteiger partial charge in [0.25, 0.3) is 0 Å². The minimum atomic E-state index is -4.00. The van der Waals surface area contributed by atoms with E-state index in [1.54, 1.807) is 30.3 Å². The van der Waals surface area contributed by atoms with Gasteiger partial charge in [0.1, 0.15) is 0 Å². The highest BCUT2D eigenvalue weighted by Gasteiger charge is 2.56. The number of methoxy groups -OCH3 is 1. The molecule has 0 saturated carbocycles. The van der Waals surface area contributed by atoms with Crippen LogP contribution >= 0.6 is 0 Å². The van der Waals surface area contributed by atoms with Gasteiger partial charge >= 0.3 is 5.97 Å². The molecule has 0 bridgehead atoms. The number of carbonyl (C=O) groups excluding carboxylic acids is 1. The van der Waals surface area contributed by atoms with E-state index in [4.69, 9.17) is 9.47 Å². The van der Waals surface area contributed by atoms with Crippen LogP contribution in [-0.2, 0) is 36.6 Å². The average molecular weight is 526 g/mol. The zero-order valence-corrected chi connectivity index (χ0v) is 21.9. The van der Waals surface area contributed by atoms with Gasteiger partial charge in [-0.2, -0.15) is 0 Å². The molecule has 1 spiro atoms. The Morgan fingerprint density at radius 3 is 2.42 bits per heavy atom. The molecule has 2 atom stereocenters. The van der Waals surface area contributed by atoms with Gasteiger partial charge in [0.15, 0.2) is 0 Å². The van der Waals surface area contributed by atoms with Crippen LogP contribution in [0.1, 0.15) is 34.6 Å². The lowest BCUT2D eigenvalue weighted by atomic mass is 9.84. The topological polar surface area (TPSA) is 72.9 Å². The summed E-state index contributed by atoms with van der Waals surface area (Å²) in [6.07, 6.45) is 2.05. The van der Waals surface area contributed by atoms with Gasteiger partial charge < -0.3 is 9.47 Å². The number of allylic oxidation sites excluding steroid dienone is 1. The number of benzene rings is 4. The molecule has 2 heterocycles. The number of fused-ring (bicyclic) bond motifs is 3. The predicted octanol–water partition coefficient (Wildman–Crippen LogP) is 5.77. The molecule has 2 aliphatic rings. The van der Waals surface area contributed by atoms with Gasteiger partial charge in [-0.25, -0.2) is 13.2 Å². The van der Waals surface area contributed by atoms with Crippen LogP contribution in [0.2, 0.25) is 0 Å². The number of aryl methyl sites for hydroxylation is 1. The van der Waals surface area contributed by atoms with Gasteiger partial charge in [-0.05, 0) is 47.0 Å². The van der Waals surface area contributed by atoms with Gasteiger partial charge in [-0.3, -0.25) is 0 Å². The van der Waals surface area contributed by atoms with Crippen molar-refractivity contribution in [2.45, 2.75) is 36.4 Å². The summed E-state index contributed by atoms with van der Waals surface area (Å²) in [6.45, 7) is 2.04. The number of sulfonamides is 1. The number of esters is 1. The third-order valence-corrected chi connectivity index (χ3v) is 9.35. The van der Waals surface area contributed by atoms with E-state index in [1.165, 1.54) is 11.4 Å². The van der Waals surface area contributed by atoms with Gasteiger partial charge in [0, 0.05) is 24.4 Å². The lowest BCUT2D eigenvalue weighted by Gasteiger charge is -2.43. The summed E-state index contributed by atoms with van der Waals surface area (Å²) >= 11 is 0. The summed E-state index contributed by atoms with van der Waals surface area (Å²) in [7, 11) is -2.70. The molecule has 0 radical (unpaired) electrons. The quantitative estimate of drug-likeness (QED) is 0.317. The lowest BCUT2D eigenvalue weighted by Crippen LogP contribution is -2.49. The van der Waals surface area contributed by atoms with Crippen molar-refractivity contribution >= 4 is 26.8 Å². The summed E-state index contributed by atoms with van der Waals surface area (Å²) in [5.41, 5.74) is 2.08. The van der Waals surface area contributed by atoms with Crippen LogP contribution in [0, 0.1) is 6.92 Å². The van der Waals surface area contributed by atoms with E-state index < -0.39 is 21.7 Å². The second kappa shape index (κ2) is 9.11. The number of hydrogen-bond acceptors (Lipinski definition) is 5. The molecule has 38 heavy (non-hydrogen) atoms. The Bertz CT molecular complexity index is 1690. The fraction of sp³-hybridized carbons (Fsp3) is 0.194. The van der Waals surface area contributed by atoms with Crippen molar-refractivity contribution in [2.75, 3.05) is 7.11 Å². The fourth-order valence-electron chi connectivity index (χ4n) is 5.55. The summed E-state index contributed by atoms with van der Waals surface area (Å²) in [5.74, 6) is -0.950. The first kappa shape index (κ1) is 24.4. The van der Waals surface area contributed by atoms with E-state index in [0.717, 1.165) is 33.0 Å². The summed E-state index contributed by atoms with van der Waals surface area (Å²) in [5, 5.41) is 2.17. The molecular weight excluding hydrogens is 498 g/mol. The molecule has 0 fully saturated rings. The van der Waals surface area contributed by atoms with Crippen molar-refractivity contribution < 1.29 is 22.7 Å². The van der Waals surface area contributed by atoms with E-state index in [1.807, 2.05) is 67.6 Å². The maximum atomic E-state index is 14.2. The van der Waals surface area contributed by atoms with E-state index in [-0.39, 0.29) is 23.1 Å². The van der Waals surface area contributed by atoms with Crippen LogP contribution in [0.15, 0.2) is 108 Å². The second-order valence-electron chi connectivity index (χ2n) is 9.81. The zero-order chi connectivity index (χ0) is 26.5. The zero-order valence-electron chi connectivity index (χ0n) is 21.1. The Labute approximate surface area is 222 Å². The Hall–Kier alpha value is -3.94. The Morgan fingerprint density at radius 1 is 0.947 bits per heavy atom. The molecule has 7 heteroatoms. The SMILES string of the molecule is COC(=O)C1=C[C@H](c2ccc3ccccc3c2)C[C@]2(O1)c1ccccc1CN2S(=O)(=O)c1ccc(C)cc1. The third-order valence-electron chi connectivity index (χ3n) is 7.48. The Kier molecular flexibility index (Phi) is 5.85. The molecule has 4 aromatic carbocycles. The van der Waals surface area contributed by atoms with Crippen molar-refractivity contribution in [3.05, 3.63) is 125 Å². The standard InChI is InChI=1S/C31H27NO5S/c1-21-11-15-27(16-12-21)38(34,35)32-20-25-9-5-6-10-28(25)31(32)19-26(18-29(37-31)30(33)36-2)24-14-13-22-7-3-4-8-23(22)17-24/h3-18,26H,19-20H2,1-2H3/t26-,31-/m0/s1. The Balaban J connectivity index is 1.53. The molecule has 0 saturated heterocycles. The largest absolute Gasteiger partial charge is 0.463 e. The van der Waals surface area contributed by atoms with Crippen molar-refractivity contribution in [1.29, 1.82) is 0 Å². The maximum Gasteiger partial charge on any atom is 0.373 e. The first-order valence-electron chi connectivity index (χ1n) is 12.5. The number of nitrogens with zero attached hydrogens (tertiary/aromatic N) is 1. The van der Waals surface area contributed by atoms with E-state index >= 15 is 0 Å². The molecule has 0 amide bonds. The molecule has 0 unspecified atom stereocenters. The Morgan fingerprint density at radius 2 is 1.66 bits per heavy atom. The fourth-order valence-corrected chi connectivity index (χ4v) is 7.19. The predicted molar refractivity (Wildman–Crippen MR) is 145 cm³/mol. The monoisotopic (exact) mass is 525 g/mol. The second-order valence-corrected chi connectivity index (χ2v) is 11.7. The van der Waals surface area contributed by atoms with Crippen LogP contribution in [0.25, 0.3) is 10.8 Å². The van der Waals surface area contributed by atoms with Gasteiger partial charge in [0.2, 0.25) is 21.5 Å². The third kappa shape index (κ3) is 3.90. The minimum absolute atomic E-state index is 0.00211. The van der Waals surface area contributed by atoms with Crippen molar-refractivity contribution in [2.24, 2.45) is 0 Å². The first-order chi connectivity index (χ1) is 18.3. The molecule has 4 aromatic rings. The highest BCUT2D eigenvalue weighted by molar-refractivity contribution is 7.89. The maximum absolute atomic E-state index is 14.2. The number of rotatable bonds is 4. The molecule has 2 aliphatic heterocycles. The normalized spacial score (nSPS) is 21.1. The summed E-state index contributed by atoms with van der Waals surface area (Å²) in [6, 6.07) is 28.5. The summed E-state index contributed by atoms with van der Waals surface area (Å²) < 4.78 is 41.2. The highest BCUT2D eigenvalue weighted by atomic mass is 32.2. The molecule has 0 N–H and O–H groups in total. The van der Waals surface area contributed by atoms with Crippen LogP contribution in [0.3, 0.4) is 0 Å². The molecular formula is C31H27NO5S. The van der Waals surface area contributed by atoms with Crippen LogP contribution in [0.5, 0.6) is 0 Å². The van der Waals surface area contributed by atoms with Gasteiger partial charge in [0.05, 0.1) is 12.0 Å². The molecule has 192 valence electrons. The number of carbonyl (C=O) groups is 1. The number of ether oxygens (including phenoxy) is 2. The highest BCUT2D eigenvalue weighted by Crippen LogP contribution is 2.52. The lowest BCUT2D eigenvalue weighted by molar-refractivity contribution is -0.154. The van der Waals surface area contributed by atoms with E-state index in [9.17, 15) is 13.2 Å². The van der Waals surface area contributed by atoms with Gasteiger partial charge in [-0.1, -0.05) is 84.4 Å². The first-order valence-corrected chi connectivity index (χ1v) is 13.9. The smallest absolute Gasteiger partial charge is 0.373 e. The molecule has 6 nitrogen and oxygen atoms in total. The number of hydrogen-bond donors (Lipinski definition) is 0. The van der Waals surface area contributed by atoms with Crippen molar-refractivity contribution in [3.8, 4) is 0 Å². The van der Waals surface area contributed by atoms with E-state index in [0.29, 0.717) is 6.42 Å². The van der Waals surface area contributed by atoms with Gasteiger partial charge in [-0.15, -0.1) is 4.31 Å². The van der Waals surface area contributed by atoms with Crippen LogP contribution in [-0.4, -0.2) is 25.8 Å². The average Bonchev–Trinajstić information content (AvgIpc) is 3.26. The van der Waals surface area contributed by atoms with E-state index in [2.05, 4.69) is 6.07 Å². The van der Waals surface area contributed by atoms with Crippen LogP contribution < -0.4 is 0 Å².